The van der Waals surface area contributed by atoms with E-state index in [0.29, 0.717) is 23.6 Å². The van der Waals surface area contributed by atoms with Crippen LogP contribution in [0.25, 0.3) is 0 Å². The van der Waals surface area contributed by atoms with Crippen LogP contribution in [-0.2, 0) is 24.3 Å². The third-order valence-corrected chi connectivity index (χ3v) is 8.25. The van der Waals surface area contributed by atoms with Crippen LogP contribution in [0.1, 0.15) is 18.4 Å². The van der Waals surface area contributed by atoms with Gasteiger partial charge in [0.15, 0.2) is 6.61 Å². The van der Waals surface area contributed by atoms with Crippen LogP contribution in [0.15, 0.2) is 82.8 Å². The number of hydrogen-bond donors (Lipinski definition) is 2. The van der Waals surface area contributed by atoms with Crippen molar-refractivity contribution in [3.63, 3.8) is 0 Å². The molecule has 0 bridgehead atoms. The normalized spacial score (nSPS) is 14.7. The third kappa shape index (κ3) is 8.69. The first-order valence-electron chi connectivity index (χ1n) is 13.5. The highest BCUT2D eigenvalue weighted by molar-refractivity contribution is 7.92. The number of ether oxygens (including phenoxy) is 4. The maximum absolute atomic E-state index is 13.6. The molecule has 1 fully saturated rings. The Labute approximate surface area is 250 Å². The summed E-state index contributed by atoms with van der Waals surface area (Å²) in [6.07, 6.45) is 3.40. The van der Waals surface area contributed by atoms with Crippen molar-refractivity contribution in [1.82, 2.24) is 10.7 Å². The molecule has 0 aromatic heterocycles. The second kappa shape index (κ2) is 15.0. The van der Waals surface area contributed by atoms with Gasteiger partial charge in [0.25, 0.3) is 21.8 Å². The number of amides is 2. The highest BCUT2D eigenvalue weighted by Gasteiger charge is 2.30. The lowest BCUT2D eigenvalue weighted by molar-refractivity contribution is -0.123. The van der Waals surface area contributed by atoms with E-state index in [2.05, 4.69) is 15.8 Å². The van der Waals surface area contributed by atoms with Crippen LogP contribution >= 0.6 is 0 Å². The van der Waals surface area contributed by atoms with E-state index >= 15 is 0 Å². The molecule has 43 heavy (non-hydrogen) atoms. The Morgan fingerprint density at radius 2 is 1.74 bits per heavy atom. The van der Waals surface area contributed by atoms with Crippen molar-refractivity contribution in [2.24, 2.45) is 5.10 Å². The van der Waals surface area contributed by atoms with E-state index in [1.807, 2.05) is 0 Å². The van der Waals surface area contributed by atoms with Gasteiger partial charge in [0.05, 0.1) is 37.1 Å². The van der Waals surface area contributed by atoms with Gasteiger partial charge in [-0.05, 0) is 66.9 Å². The first-order valence-corrected chi connectivity index (χ1v) is 15.0. The number of anilines is 1. The molecule has 2 N–H and O–H groups in total. The molecular weight excluding hydrogens is 576 g/mol. The van der Waals surface area contributed by atoms with E-state index in [1.165, 1.54) is 38.6 Å². The van der Waals surface area contributed by atoms with Gasteiger partial charge in [-0.1, -0.05) is 18.2 Å². The van der Waals surface area contributed by atoms with Crippen molar-refractivity contribution in [1.29, 1.82) is 0 Å². The van der Waals surface area contributed by atoms with Crippen molar-refractivity contribution >= 4 is 33.7 Å². The van der Waals surface area contributed by atoms with Gasteiger partial charge in [-0.15, -0.1) is 0 Å². The molecule has 1 aliphatic rings. The molecule has 1 aliphatic heterocycles. The van der Waals surface area contributed by atoms with Crippen LogP contribution in [-0.4, -0.2) is 73.1 Å². The molecule has 12 nitrogen and oxygen atoms in total. The molecule has 13 heteroatoms. The Morgan fingerprint density at radius 3 is 2.42 bits per heavy atom. The molecule has 1 atom stereocenters. The Bertz CT molecular complexity index is 1510. The summed E-state index contributed by atoms with van der Waals surface area (Å²) >= 11 is 0. The topological polar surface area (TPSA) is 145 Å². The Hall–Kier alpha value is -4.62. The lowest BCUT2D eigenvalue weighted by Gasteiger charge is -2.25. The Kier molecular flexibility index (Phi) is 10.9. The van der Waals surface area contributed by atoms with Crippen molar-refractivity contribution in [3.05, 3.63) is 78.4 Å². The zero-order valence-electron chi connectivity index (χ0n) is 23.9. The number of nitrogens with one attached hydrogen (secondary N) is 2. The van der Waals surface area contributed by atoms with Crippen LogP contribution in [0.2, 0.25) is 0 Å². The second-order valence-electron chi connectivity index (χ2n) is 9.45. The molecular formula is C30H34N4O8S. The molecule has 3 aromatic rings. The average Bonchev–Trinajstić information content (AvgIpc) is 3.56. The minimum absolute atomic E-state index is 0.00112. The SMILES string of the molecule is COc1ccc(OC)c(N(CC(=O)N/N=C\c2ccc(OCC(=O)NC[C@@H]3CCCO3)cc2)S(=O)(=O)c2ccccc2)c1. The fourth-order valence-electron chi connectivity index (χ4n) is 4.24. The molecule has 0 spiro atoms. The van der Waals surface area contributed by atoms with E-state index in [-0.39, 0.29) is 35.0 Å². The van der Waals surface area contributed by atoms with Crippen molar-refractivity contribution < 1.29 is 37.0 Å². The minimum Gasteiger partial charge on any atom is -0.497 e. The van der Waals surface area contributed by atoms with Crippen LogP contribution < -0.4 is 29.3 Å². The zero-order valence-corrected chi connectivity index (χ0v) is 24.7. The maximum Gasteiger partial charge on any atom is 0.264 e. The van der Waals surface area contributed by atoms with Crippen LogP contribution in [0, 0.1) is 0 Å². The summed E-state index contributed by atoms with van der Waals surface area (Å²) in [6, 6.07) is 19.1. The second-order valence-corrected chi connectivity index (χ2v) is 11.3. The van der Waals surface area contributed by atoms with E-state index in [9.17, 15) is 18.0 Å². The number of carbonyl (C=O) groups is 2. The number of sulfonamides is 1. The quantitative estimate of drug-likeness (QED) is 0.209. The van der Waals surface area contributed by atoms with Gasteiger partial charge in [-0.2, -0.15) is 5.10 Å². The first kappa shape index (κ1) is 31.3. The average molecular weight is 611 g/mol. The van der Waals surface area contributed by atoms with Crippen molar-refractivity contribution in [2.75, 3.05) is 44.8 Å². The molecule has 0 unspecified atom stereocenters. The van der Waals surface area contributed by atoms with E-state index < -0.39 is 22.5 Å². The number of carbonyl (C=O) groups excluding carboxylic acids is 2. The van der Waals surface area contributed by atoms with Crippen molar-refractivity contribution in [3.8, 4) is 17.2 Å². The third-order valence-electron chi connectivity index (χ3n) is 6.48. The lowest BCUT2D eigenvalue weighted by Crippen LogP contribution is -2.39. The summed E-state index contributed by atoms with van der Waals surface area (Å²) < 4.78 is 49.9. The molecule has 0 radical (unpaired) electrons. The lowest BCUT2D eigenvalue weighted by atomic mass is 10.2. The monoisotopic (exact) mass is 610 g/mol. The number of hydrogen-bond acceptors (Lipinski definition) is 9. The van der Waals surface area contributed by atoms with Crippen LogP contribution in [0.4, 0.5) is 5.69 Å². The van der Waals surface area contributed by atoms with E-state index in [1.54, 1.807) is 54.6 Å². The number of benzene rings is 3. The van der Waals surface area contributed by atoms with Gasteiger partial charge < -0.3 is 24.3 Å². The van der Waals surface area contributed by atoms with E-state index in [0.717, 1.165) is 23.8 Å². The summed E-state index contributed by atoms with van der Waals surface area (Å²) in [6.45, 7) is 0.479. The maximum atomic E-state index is 13.6. The standard InChI is InChI=1S/C30H34N4O8S/c1-39-24-14-15-28(40-2)27(17-24)34(43(37,38)26-8-4-3-5-9-26)20-29(35)33-32-18-22-10-12-23(13-11-22)42-21-30(36)31-19-25-7-6-16-41-25/h3-5,8-15,17-18,25H,6-7,16,19-21H2,1-2H3,(H,31,36)(H,33,35)/b32-18-/t25-/m0/s1. The van der Waals surface area contributed by atoms with Gasteiger partial charge in [0.1, 0.15) is 23.8 Å². The molecule has 2 amide bonds. The summed E-state index contributed by atoms with van der Waals surface area (Å²) in [5.41, 5.74) is 3.13. The summed E-state index contributed by atoms with van der Waals surface area (Å²) in [5, 5.41) is 6.76. The number of methoxy groups -OCH3 is 2. The molecule has 228 valence electrons. The van der Waals surface area contributed by atoms with Gasteiger partial charge in [0.2, 0.25) is 0 Å². The van der Waals surface area contributed by atoms with E-state index in [4.69, 9.17) is 18.9 Å². The predicted octanol–water partition coefficient (Wildman–Crippen LogP) is 2.72. The largest absolute Gasteiger partial charge is 0.497 e. The molecule has 3 aromatic carbocycles. The van der Waals surface area contributed by atoms with Crippen LogP contribution in [0.3, 0.4) is 0 Å². The van der Waals surface area contributed by atoms with Crippen LogP contribution in [0.5, 0.6) is 17.2 Å². The number of rotatable bonds is 14. The van der Waals surface area contributed by atoms with Gasteiger partial charge >= 0.3 is 0 Å². The predicted molar refractivity (Wildman–Crippen MR) is 160 cm³/mol. The molecule has 0 saturated carbocycles. The van der Waals surface area contributed by atoms with Crippen molar-refractivity contribution in [2.45, 2.75) is 23.8 Å². The number of hydrazone groups is 1. The van der Waals surface area contributed by atoms with Gasteiger partial charge in [0, 0.05) is 19.2 Å². The zero-order chi connectivity index (χ0) is 30.7. The fraction of sp³-hybridized carbons (Fsp3) is 0.300. The minimum atomic E-state index is -4.17. The summed E-state index contributed by atoms with van der Waals surface area (Å²) in [5.74, 6) is 0.184. The molecule has 0 aliphatic carbocycles. The Morgan fingerprint density at radius 1 is 1.00 bits per heavy atom. The molecule has 1 saturated heterocycles. The first-order chi connectivity index (χ1) is 20.8. The summed E-state index contributed by atoms with van der Waals surface area (Å²) in [7, 11) is -1.32. The highest BCUT2D eigenvalue weighted by Crippen LogP contribution is 2.35. The fourth-order valence-corrected chi connectivity index (χ4v) is 5.68. The Balaban J connectivity index is 1.38. The molecule has 4 rings (SSSR count). The smallest absolute Gasteiger partial charge is 0.264 e. The van der Waals surface area contributed by atoms with Gasteiger partial charge in [-0.25, -0.2) is 13.8 Å². The summed E-state index contributed by atoms with van der Waals surface area (Å²) in [4.78, 5) is 24.9. The molecule has 1 heterocycles. The van der Waals surface area contributed by atoms with Gasteiger partial charge in [-0.3, -0.25) is 13.9 Å². The highest BCUT2D eigenvalue weighted by atomic mass is 32.2. The number of nitrogens with zero attached hydrogens (tertiary/aromatic N) is 2.